The fraction of sp³-hybridized carbons (Fsp3) is 0.778. The van der Waals surface area contributed by atoms with Crippen LogP contribution in [0.4, 0.5) is 5.82 Å². The Morgan fingerprint density at radius 2 is 2.04 bits per heavy atom. The van der Waals surface area contributed by atoms with Gasteiger partial charge in [0, 0.05) is 44.6 Å². The molecule has 0 bridgehead atoms. The van der Waals surface area contributed by atoms with Crippen LogP contribution < -0.4 is 10.9 Å². The summed E-state index contributed by atoms with van der Waals surface area (Å²) in [6.07, 6.45) is 9.51. The molecule has 1 aromatic rings. The normalized spacial score (nSPS) is 23.8. The van der Waals surface area contributed by atoms with Gasteiger partial charge < -0.3 is 14.6 Å². The third-order valence-corrected chi connectivity index (χ3v) is 5.48. The van der Waals surface area contributed by atoms with Crippen LogP contribution in [0.15, 0.2) is 17.2 Å². The molecular formula is C18H30N4O2. The number of anilines is 1. The molecule has 3 rings (SSSR count). The second kappa shape index (κ2) is 6.84. The van der Waals surface area contributed by atoms with Gasteiger partial charge in [0.25, 0.3) is 5.56 Å². The average Bonchev–Trinajstić information content (AvgIpc) is 2.56. The summed E-state index contributed by atoms with van der Waals surface area (Å²) in [6, 6.07) is 0. The summed E-state index contributed by atoms with van der Waals surface area (Å²) >= 11 is 0. The number of hydrogen-bond donors (Lipinski definition) is 1. The van der Waals surface area contributed by atoms with Crippen LogP contribution in [-0.2, 0) is 11.8 Å². The molecule has 0 aromatic carbocycles. The molecule has 1 saturated heterocycles. The van der Waals surface area contributed by atoms with Crippen LogP contribution in [0.2, 0.25) is 0 Å². The molecule has 2 heterocycles. The minimum absolute atomic E-state index is 0.0641. The third kappa shape index (κ3) is 3.64. The van der Waals surface area contributed by atoms with E-state index in [-0.39, 0.29) is 16.7 Å². The van der Waals surface area contributed by atoms with Gasteiger partial charge >= 0.3 is 0 Å². The predicted molar refractivity (Wildman–Crippen MR) is 95.4 cm³/mol. The topological polar surface area (TPSA) is 59.4 Å². The molecule has 6 heteroatoms. The molecular weight excluding hydrogens is 304 g/mol. The second-order valence-electron chi connectivity index (χ2n) is 7.86. The largest absolute Gasteiger partial charge is 0.373 e. The molecule has 0 radical (unpaired) electrons. The van der Waals surface area contributed by atoms with Crippen molar-refractivity contribution in [2.45, 2.75) is 57.1 Å². The first-order valence-corrected chi connectivity index (χ1v) is 9.06. The van der Waals surface area contributed by atoms with Crippen molar-refractivity contribution in [2.75, 3.05) is 31.6 Å². The van der Waals surface area contributed by atoms with Crippen LogP contribution in [-0.4, -0.2) is 51.8 Å². The van der Waals surface area contributed by atoms with E-state index in [4.69, 9.17) is 4.74 Å². The Bertz CT molecular complexity index is 620. The zero-order valence-electron chi connectivity index (χ0n) is 15.2. The van der Waals surface area contributed by atoms with Crippen molar-refractivity contribution in [3.63, 3.8) is 0 Å². The molecule has 0 spiro atoms. The van der Waals surface area contributed by atoms with Gasteiger partial charge in [-0.1, -0.05) is 19.3 Å². The van der Waals surface area contributed by atoms with Crippen molar-refractivity contribution >= 4 is 5.82 Å². The number of aromatic nitrogens is 2. The van der Waals surface area contributed by atoms with Gasteiger partial charge in [-0.2, -0.15) is 0 Å². The van der Waals surface area contributed by atoms with E-state index in [9.17, 15) is 4.79 Å². The van der Waals surface area contributed by atoms with Gasteiger partial charge in [-0.25, -0.2) is 4.98 Å². The highest BCUT2D eigenvalue weighted by Gasteiger charge is 2.42. The van der Waals surface area contributed by atoms with Crippen molar-refractivity contribution in [2.24, 2.45) is 7.05 Å². The summed E-state index contributed by atoms with van der Waals surface area (Å²) in [5.74, 6) is 0.456. The van der Waals surface area contributed by atoms with Crippen molar-refractivity contribution in [1.82, 2.24) is 14.5 Å². The summed E-state index contributed by atoms with van der Waals surface area (Å²) in [5, 5.41) is 3.36. The van der Waals surface area contributed by atoms with E-state index >= 15 is 0 Å². The SMILES string of the molecule is Cn1ccnc(NCC2(N3CCOC(C)(C)C3)CCCCC2)c1=O. The van der Waals surface area contributed by atoms with E-state index in [0.29, 0.717) is 5.82 Å². The van der Waals surface area contributed by atoms with Crippen LogP contribution in [0.3, 0.4) is 0 Å². The van der Waals surface area contributed by atoms with Gasteiger partial charge in [0.05, 0.1) is 12.2 Å². The molecule has 1 aromatic heterocycles. The van der Waals surface area contributed by atoms with Gasteiger partial charge in [-0.3, -0.25) is 9.69 Å². The Kier molecular flexibility index (Phi) is 4.97. The predicted octanol–water partition coefficient (Wildman–Crippen LogP) is 2.01. The quantitative estimate of drug-likeness (QED) is 0.913. The first-order valence-electron chi connectivity index (χ1n) is 9.06. The molecule has 1 saturated carbocycles. The monoisotopic (exact) mass is 334 g/mol. The molecule has 6 nitrogen and oxygen atoms in total. The Morgan fingerprint density at radius 1 is 1.29 bits per heavy atom. The fourth-order valence-electron chi connectivity index (χ4n) is 4.10. The lowest BCUT2D eigenvalue weighted by molar-refractivity contribution is -0.120. The Balaban J connectivity index is 1.78. The van der Waals surface area contributed by atoms with Crippen LogP contribution in [0.1, 0.15) is 46.0 Å². The van der Waals surface area contributed by atoms with Gasteiger partial charge in [-0.05, 0) is 26.7 Å². The summed E-state index contributed by atoms with van der Waals surface area (Å²) in [4.78, 5) is 19.1. The van der Waals surface area contributed by atoms with Crippen LogP contribution in [0.25, 0.3) is 0 Å². The third-order valence-electron chi connectivity index (χ3n) is 5.48. The van der Waals surface area contributed by atoms with Crippen molar-refractivity contribution < 1.29 is 4.74 Å². The molecule has 0 amide bonds. The number of nitrogens with zero attached hydrogens (tertiary/aromatic N) is 3. The highest BCUT2D eigenvalue weighted by molar-refractivity contribution is 5.31. The number of nitrogens with one attached hydrogen (secondary N) is 1. The summed E-state index contributed by atoms with van der Waals surface area (Å²) < 4.78 is 7.47. The second-order valence-corrected chi connectivity index (χ2v) is 7.86. The zero-order chi connectivity index (χ0) is 17.2. The Hall–Kier alpha value is -1.40. The number of morpholine rings is 1. The van der Waals surface area contributed by atoms with E-state index < -0.39 is 0 Å². The van der Waals surface area contributed by atoms with Gasteiger partial charge in [0.1, 0.15) is 0 Å². The maximum Gasteiger partial charge on any atom is 0.293 e. The van der Waals surface area contributed by atoms with E-state index in [1.54, 1.807) is 24.0 Å². The Labute approximate surface area is 144 Å². The number of ether oxygens (including phenoxy) is 1. The van der Waals surface area contributed by atoms with E-state index in [1.165, 1.54) is 32.1 Å². The molecule has 24 heavy (non-hydrogen) atoms. The molecule has 2 fully saturated rings. The van der Waals surface area contributed by atoms with Crippen LogP contribution >= 0.6 is 0 Å². The van der Waals surface area contributed by atoms with E-state index in [0.717, 1.165) is 26.2 Å². The van der Waals surface area contributed by atoms with Crippen LogP contribution in [0.5, 0.6) is 0 Å². The molecule has 0 unspecified atom stereocenters. The summed E-state index contributed by atoms with van der Waals surface area (Å²) in [5.41, 5.74) is -0.0724. The van der Waals surface area contributed by atoms with Gasteiger partial charge in [-0.15, -0.1) is 0 Å². The highest BCUT2D eigenvalue weighted by Crippen LogP contribution is 2.36. The van der Waals surface area contributed by atoms with E-state index in [1.807, 2.05) is 0 Å². The molecule has 1 N–H and O–H groups in total. The first kappa shape index (κ1) is 17.4. The smallest absolute Gasteiger partial charge is 0.293 e. The lowest BCUT2D eigenvalue weighted by Gasteiger charge is -2.51. The average molecular weight is 334 g/mol. The van der Waals surface area contributed by atoms with Gasteiger partial charge in [0.2, 0.25) is 0 Å². The minimum Gasteiger partial charge on any atom is -0.373 e. The maximum atomic E-state index is 12.2. The summed E-state index contributed by atoms with van der Waals surface area (Å²) in [7, 11) is 1.76. The van der Waals surface area contributed by atoms with Crippen molar-refractivity contribution in [3.8, 4) is 0 Å². The number of aryl methyl sites for hydroxylation is 1. The highest BCUT2D eigenvalue weighted by atomic mass is 16.5. The maximum absolute atomic E-state index is 12.2. The van der Waals surface area contributed by atoms with Gasteiger partial charge in [0.15, 0.2) is 5.82 Å². The van der Waals surface area contributed by atoms with Crippen molar-refractivity contribution in [3.05, 3.63) is 22.7 Å². The molecule has 1 aliphatic heterocycles. The number of hydrogen-bond acceptors (Lipinski definition) is 5. The number of rotatable bonds is 4. The molecule has 134 valence electrons. The molecule has 2 aliphatic rings. The molecule has 0 atom stereocenters. The van der Waals surface area contributed by atoms with E-state index in [2.05, 4.69) is 29.0 Å². The lowest BCUT2D eigenvalue weighted by Crippen LogP contribution is -2.62. The fourth-order valence-corrected chi connectivity index (χ4v) is 4.10. The standard InChI is InChI=1S/C18H30N4O2/c1-17(2)14-22(11-12-24-17)18(7-5-4-6-8-18)13-20-15-16(23)21(3)10-9-19-15/h9-10H,4-8,11-14H2,1-3H3,(H,19,20). The first-order chi connectivity index (χ1) is 11.4. The lowest BCUT2D eigenvalue weighted by atomic mass is 9.79. The van der Waals surface area contributed by atoms with Crippen LogP contribution in [0, 0.1) is 0 Å². The molecule has 1 aliphatic carbocycles. The summed E-state index contributed by atoms with van der Waals surface area (Å²) in [6.45, 7) is 7.78. The van der Waals surface area contributed by atoms with Crippen molar-refractivity contribution in [1.29, 1.82) is 0 Å². The Morgan fingerprint density at radius 3 is 2.75 bits per heavy atom. The minimum atomic E-state index is -0.107. The zero-order valence-corrected chi connectivity index (χ0v) is 15.2.